The van der Waals surface area contributed by atoms with E-state index in [-0.39, 0.29) is 30.5 Å². The third-order valence-electron chi connectivity index (χ3n) is 4.05. The number of guanidine groups is 1. The van der Waals surface area contributed by atoms with Gasteiger partial charge in [-0.15, -0.1) is 24.0 Å². The molecule has 1 fully saturated rings. The molecule has 0 saturated heterocycles. The summed E-state index contributed by atoms with van der Waals surface area (Å²) in [6, 6.07) is 4.99. The van der Waals surface area contributed by atoms with Gasteiger partial charge in [0.05, 0.1) is 12.2 Å². The molecule has 8 heteroatoms. The summed E-state index contributed by atoms with van der Waals surface area (Å²) < 4.78 is 43.8. The number of hydrogen-bond donors (Lipinski definition) is 1. The maximum absolute atomic E-state index is 12.7. The summed E-state index contributed by atoms with van der Waals surface area (Å²) in [5.74, 6) is 6.99. The Morgan fingerprint density at radius 3 is 2.75 bits per heavy atom. The molecule has 0 unspecified atom stereocenters. The molecule has 0 amide bonds. The fraction of sp³-hybridized carbons (Fsp3) is 0.550. The van der Waals surface area contributed by atoms with Crippen molar-refractivity contribution in [2.45, 2.75) is 25.9 Å². The van der Waals surface area contributed by atoms with E-state index in [2.05, 4.69) is 22.2 Å². The van der Waals surface area contributed by atoms with E-state index >= 15 is 0 Å². The molecule has 0 spiro atoms. The average Bonchev–Trinajstić information content (AvgIpc) is 3.45. The van der Waals surface area contributed by atoms with Gasteiger partial charge in [-0.2, -0.15) is 13.2 Å². The smallest absolute Gasteiger partial charge is 0.379 e. The molecule has 2 rings (SSSR count). The SMILES string of the molecule is CCNC(=NCC#Cc1cccc(C(F)(F)F)c1)N(C)CCOCC1CC1.I. The molecule has 4 nitrogen and oxygen atoms in total. The van der Waals surface area contributed by atoms with Crippen molar-refractivity contribution in [3.63, 3.8) is 0 Å². The fourth-order valence-electron chi connectivity index (χ4n) is 2.34. The topological polar surface area (TPSA) is 36.9 Å². The summed E-state index contributed by atoms with van der Waals surface area (Å²) >= 11 is 0. The predicted molar refractivity (Wildman–Crippen MR) is 116 cm³/mol. The van der Waals surface area contributed by atoms with Gasteiger partial charge in [-0.25, -0.2) is 4.99 Å². The number of benzene rings is 1. The highest BCUT2D eigenvalue weighted by Crippen LogP contribution is 2.29. The zero-order valence-corrected chi connectivity index (χ0v) is 18.5. The van der Waals surface area contributed by atoms with E-state index in [9.17, 15) is 13.2 Å². The number of rotatable bonds is 7. The minimum atomic E-state index is -4.36. The third-order valence-corrected chi connectivity index (χ3v) is 4.05. The Balaban J connectivity index is 0.00000392. The number of likely N-dealkylation sites (N-methyl/N-ethyl adjacent to an activating group) is 1. The highest BCUT2D eigenvalue weighted by Gasteiger charge is 2.30. The normalized spacial score (nSPS) is 14.0. The van der Waals surface area contributed by atoms with Crippen molar-refractivity contribution >= 4 is 29.9 Å². The minimum absolute atomic E-state index is 0. The van der Waals surface area contributed by atoms with Gasteiger partial charge < -0.3 is 15.0 Å². The molecule has 1 N–H and O–H groups in total. The maximum atomic E-state index is 12.7. The van der Waals surface area contributed by atoms with Crippen molar-refractivity contribution < 1.29 is 17.9 Å². The van der Waals surface area contributed by atoms with Crippen LogP contribution in [0.15, 0.2) is 29.3 Å². The summed E-state index contributed by atoms with van der Waals surface area (Å²) in [6.07, 6.45) is -1.83. The number of hydrogen-bond acceptors (Lipinski definition) is 2. The number of nitrogens with one attached hydrogen (secondary N) is 1. The molecule has 1 aromatic carbocycles. The van der Waals surface area contributed by atoms with Crippen LogP contribution in [0.2, 0.25) is 0 Å². The first kappa shape index (κ1) is 24.6. The van der Waals surface area contributed by atoms with Gasteiger partial charge in [-0.3, -0.25) is 0 Å². The third kappa shape index (κ3) is 9.15. The Bertz CT molecular complexity index is 694. The van der Waals surface area contributed by atoms with E-state index in [1.807, 2.05) is 18.9 Å². The van der Waals surface area contributed by atoms with Gasteiger partial charge >= 0.3 is 6.18 Å². The van der Waals surface area contributed by atoms with E-state index in [0.29, 0.717) is 31.2 Å². The van der Waals surface area contributed by atoms with Gasteiger partial charge in [0.1, 0.15) is 6.54 Å². The zero-order valence-electron chi connectivity index (χ0n) is 16.2. The van der Waals surface area contributed by atoms with Crippen LogP contribution >= 0.6 is 24.0 Å². The summed E-state index contributed by atoms with van der Waals surface area (Å²) in [5, 5.41) is 3.18. The summed E-state index contributed by atoms with van der Waals surface area (Å²) in [5.41, 5.74) is -0.371. The molecule has 0 atom stereocenters. The van der Waals surface area contributed by atoms with Crippen LogP contribution in [-0.4, -0.2) is 50.8 Å². The van der Waals surface area contributed by atoms with Crippen LogP contribution in [0.25, 0.3) is 0 Å². The van der Waals surface area contributed by atoms with Gasteiger partial charge in [0.15, 0.2) is 5.96 Å². The molecule has 1 aromatic rings. The highest BCUT2D eigenvalue weighted by atomic mass is 127. The lowest BCUT2D eigenvalue weighted by atomic mass is 10.1. The monoisotopic (exact) mass is 509 g/mol. The first-order chi connectivity index (χ1) is 12.9. The Morgan fingerprint density at radius 2 is 2.11 bits per heavy atom. The Labute approximate surface area is 181 Å². The summed E-state index contributed by atoms with van der Waals surface area (Å²) in [7, 11) is 1.92. The van der Waals surface area contributed by atoms with Crippen molar-refractivity contribution in [3.8, 4) is 11.8 Å². The van der Waals surface area contributed by atoms with Crippen LogP contribution in [0, 0.1) is 17.8 Å². The molecule has 0 radical (unpaired) electrons. The molecule has 0 bridgehead atoms. The van der Waals surface area contributed by atoms with Crippen LogP contribution in [0.4, 0.5) is 13.2 Å². The van der Waals surface area contributed by atoms with Gasteiger partial charge in [-0.1, -0.05) is 17.9 Å². The maximum Gasteiger partial charge on any atom is 0.416 e. The average molecular weight is 509 g/mol. The van der Waals surface area contributed by atoms with E-state index in [1.165, 1.54) is 18.9 Å². The van der Waals surface area contributed by atoms with Crippen LogP contribution in [0.3, 0.4) is 0 Å². The second-order valence-corrected chi connectivity index (χ2v) is 6.49. The number of alkyl halides is 3. The van der Waals surface area contributed by atoms with Crippen molar-refractivity contribution in [3.05, 3.63) is 35.4 Å². The quantitative estimate of drug-likeness (QED) is 0.199. The first-order valence-corrected chi connectivity index (χ1v) is 9.13. The number of nitrogens with zero attached hydrogens (tertiary/aromatic N) is 2. The number of halogens is 4. The second-order valence-electron chi connectivity index (χ2n) is 6.49. The predicted octanol–water partition coefficient (Wildman–Crippen LogP) is 4.00. The number of aliphatic imine (C=N–C) groups is 1. The van der Waals surface area contributed by atoms with E-state index in [0.717, 1.165) is 24.7 Å². The Kier molecular flexibility index (Phi) is 10.7. The molecule has 156 valence electrons. The number of ether oxygens (including phenoxy) is 1. The van der Waals surface area contributed by atoms with Crippen LogP contribution in [0.1, 0.15) is 30.9 Å². The van der Waals surface area contributed by atoms with Crippen molar-refractivity contribution in [2.75, 3.05) is 39.9 Å². The van der Waals surface area contributed by atoms with Crippen LogP contribution in [-0.2, 0) is 10.9 Å². The molecular weight excluding hydrogens is 482 g/mol. The minimum Gasteiger partial charge on any atom is -0.379 e. The molecule has 0 aromatic heterocycles. The van der Waals surface area contributed by atoms with Crippen LogP contribution in [0.5, 0.6) is 0 Å². The highest BCUT2D eigenvalue weighted by molar-refractivity contribution is 14.0. The lowest BCUT2D eigenvalue weighted by Crippen LogP contribution is -2.40. The van der Waals surface area contributed by atoms with E-state index in [4.69, 9.17) is 4.74 Å². The lowest BCUT2D eigenvalue weighted by Gasteiger charge is -2.21. The second kappa shape index (κ2) is 12.2. The largest absolute Gasteiger partial charge is 0.416 e. The van der Waals surface area contributed by atoms with Crippen molar-refractivity contribution in [1.82, 2.24) is 10.2 Å². The molecule has 0 aliphatic heterocycles. The first-order valence-electron chi connectivity index (χ1n) is 9.13. The van der Waals surface area contributed by atoms with Crippen molar-refractivity contribution in [2.24, 2.45) is 10.9 Å². The van der Waals surface area contributed by atoms with E-state index < -0.39 is 11.7 Å². The molecule has 1 saturated carbocycles. The molecule has 0 heterocycles. The van der Waals surface area contributed by atoms with Crippen LogP contribution < -0.4 is 5.32 Å². The van der Waals surface area contributed by atoms with Gasteiger partial charge in [-0.05, 0) is 43.9 Å². The molecule has 28 heavy (non-hydrogen) atoms. The van der Waals surface area contributed by atoms with Gasteiger partial charge in [0.2, 0.25) is 0 Å². The Morgan fingerprint density at radius 1 is 1.36 bits per heavy atom. The molecule has 1 aliphatic rings. The van der Waals surface area contributed by atoms with Gasteiger partial charge in [0, 0.05) is 32.3 Å². The standard InChI is InChI=1S/C20H26F3N3O.HI/c1-3-24-19(26(2)12-13-27-15-17-9-10-17)25-11-5-7-16-6-4-8-18(14-16)20(21,22)23;/h4,6,8,14,17H,3,9-13,15H2,1-2H3,(H,24,25);1H. The zero-order chi connectivity index (χ0) is 19.7. The lowest BCUT2D eigenvalue weighted by molar-refractivity contribution is -0.137. The van der Waals surface area contributed by atoms with Gasteiger partial charge in [0.25, 0.3) is 0 Å². The fourth-order valence-corrected chi connectivity index (χ4v) is 2.34. The Hall–Kier alpha value is -1.47. The summed E-state index contributed by atoms with van der Waals surface area (Å²) in [4.78, 5) is 6.37. The molecule has 1 aliphatic carbocycles. The van der Waals surface area contributed by atoms with Crippen molar-refractivity contribution in [1.29, 1.82) is 0 Å². The summed E-state index contributed by atoms with van der Waals surface area (Å²) in [6.45, 7) is 5.05. The van der Waals surface area contributed by atoms with E-state index in [1.54, 1.807) is 6.07 Å². The molecular formula is C20H27F3IN3O.